The lowest BCUT2D eigenvalue weighted by Gasteiger charge is -2.28. The van der Waals surface area contributed by atoms with Crippen molar-refractivity contribution in [2.75, 3.05) is 18.1 Å². The van der Waals surface area contributed by atoms with Crippen molar-refractivity contribution in [3.05, 3.63) is 0 Å². The van der Waals surface area contributed by atoms with E-state index in [1.807, 2.05) is 0 Å². The quantitative estimate of drug-likeness (QED) is 0.756. The van der Waals surface area contributed by atoms with Crippen molar-refractivity contribution in [1.82, 2.24) is 5.32 Å². The minimum Gasteiger partial charge on any atom is -0.313 e. The van der Waals surface area contributed by atoms with Gasteiger partial charge in [0.1, 0.15) is 0 Å². The van der Waals surface area contributed by atoms with Gasteiger partial charge in [-0.3, -0.25) is 0 Å². The van der Waals surface area contributed by atoms with Crippen molar-refractivity contribution in [2.45, 2.75) is 46.6 Å². The molecule has 1 nitrogen and oxygen atoms in total. The van der Waals surface area contributed by atoms with Gasteiger partial charge in [0.05, 0.1) is 0 Å². The summed E-state index contributed by atoms with van der Waals surface area (Å²) in [4.78, 5) is 0. The molecular weight excluding hydrogens is 190 g/mol. The van der Waals surface area contributed by atoms with Gasteiger partial charge in [0.15, 0.2) is 0 Å². The van der Waals surface area contributed by atoms with Crippen molar-refractivity contribution in [2.24, 2.45) is 11.3 Å². The Morgan fingerprint density at radius 1 is 1.43 bits per heavy atom. The molecule has 0 saturated carbocycles. The lowest BCUT2D eigenvalue weighted by atomic mass is 9.84. The Labute approximate surface area is 93.4 Å². The molecule has 1 heterocycles. The molecule has 2 heteroatoms. The Bertz CT molecular complexity index is 160. The van der Waals surface area contributed by atoms with E-state index in [2.05, 4.69) is 44.8 Å². The van der Waals surface area contributed by atoms with E-state index in [0.29, 0.717) is 5.41 Å². The first-order chi connectivity index (χ1) is 6.49. The summed E-state index contributed by atoms with van der Waals surface area (Å²) in [5.41, 5.74) is 0.460. The molecule has 84 valence electrons. The van der Waals surface area contributed by atoms with Gasteiger partial charge in [0.25, 0.3) is 0 Å². The van der Waals surface area contributed by atoms with E-state index >= 15 is 0 Å². The summed E-state index contributed by atoms with van der Waals surface area (Å²) >= 11 is 2.08. The van der Waals surface area contributed by atoms with Crippen molar-refractivity contribution in [1.29, 1.82) is 0 Å². The van der Waals surface area contributed by atoms with Crippen LogP contribution in [0.2, 0.25) is 0 Å². The zero-order valence-corrected chi connectivity index (χ0v) is 10.9. The van der Waals surface area contributed by atoms with Crippen LogP contribution in [0.15, 0.2) is 0 Å². The zero-order valence-electron chi connectivity index (χ0n) is 10.1. The fourth-order valence-electron chi connectivity index (χ4n) is 2.29. The van der Waals surface area contributed by atoms with Crippen molar-refractivity contribution >= 4 is 11.8 Å². The number of hydrogen-bond acceptors (Lipinski definition) is 2. The predicted molar refractivity (Wildman–Crippen MR) is 67.0 cm³/mol. The maximum atomic E-state index is 3.71. The number of nitrogens with one attached hydrogen (secondary N) is 1. The smallest absolute Gasteiger partial charge is 0.0166 e. The summed E-state index contributed by atoms with van der Waals surface area (Å²) in [6.45, 7) is 10.6. The van der Waals surface area contributed by atoms with Crippen LogP contribution in [0.3, 0.4) is 0 Å². The second kappa shape index (κ2) is 5.41. The Hall–Kier alpha value is 0.310. The average Bonchev–Trinajstić information content (AvgIpc) is 2.50. The molecule has 0 spiro atoms. The summed E-state index contributed by atoms with van der Waals surface area (Å²) < 4.78 is 0. The zero-order chi connectivity index (χ0) is 10.6. The fraction of sp³-hybridized carbons (Fsp3) is 1.00. The highest BCUT2D eigenvalue weighted by Gasteiger charge is 2.22. The third-order valence-corrected chi connectivity index (χ3v) is 3.92. The molecule has 0 radical (unpaired) electrons. The molecule has 0 bridgehead atoms. The molecule has 0 amide bonds. The van der Waals surface area contributed by atoms with Gasteiger partial charge >= 0.3 is 0 Å². The molecule has 0 aliphatic carbocycles. The standard InChI is InChI=1S/C12H25NS/c1-10(2)7-12(3,4)9-13-11-5-6-14-8-11/h10-11,13H,5-9H2,1-4H3. The largest absolute Gasteiger partial charge is 0.313 e. The molecular formula is C12H25NS. The first-order valence-electron chi connectivity index (χ1n) is 5.81. The Morgan fingerprint density at radius 3 is 2.64 bits per heavy atom. The lowest BCUT2D eigenvalue weighted by Crippen LogP contribution is -2.37. The number of rotatable bonds is 5. The Balaban J connectivity index is 2.20. The Morgan fingerprint density at radius 2 is 2.14 bits per heavy atom. The number of thioether (sulfide) groups is 1. The van der Waals surface area contributed by atoms with Crippen LogP contribution in [0, 0.1) is 11.3 Å². The molecule has 1 unspecified atom stereocenters. The van der Waals surface area contributed by atoms with Crippen LogP contribution in [0.25, 0.3) is 0 Å². The maximum absolute atomic E-state index is 3.71. The highest BCUT2D eigenvalue weighted by Crippen LogP contribution is 2.25. The second-order valence-electron chi connectivity index (χ2n) is 5.70. The molecule has 1 atom stereocenters. The number of hydrogen-bond donors (Lipinski definition) is 1. The van der Waals surface area contributed by atoms with E-state index in [-0.39, 0.29) is 0 Å². The first kappa shape index (κ1) is 12.4. The van der Waals surface area contributed by atoms with Gasteiger partial charge in [-0.15, -0.1) is 0 Å². The van der Waals surface area contributed by atoms with Gasteiger partial charge in [0, 0.05) is 18.3 Å². The van der Waals surface area contributed by atoms with Gasteiger partial charge in [-0.2, -0.15) is 11.8 Å². The molecule has 1 N–H and O–H groups in total. The highest BCUT2D eigenvalue weighted by atomic mass is 32.2. The minimum atomic E-state index is 0.460. The fourth-order valence-corrected chi connectivity index (χ4v) is 3.48. The molecule has 1 fully saturated rings. The normalized spacial score (nSPS) is 23.4. The minimum absolute atomic E-state index is 0.460. The SMILES string of the molecule is CC(C)CC(C)(C)CNC1CCSC1. The highest BCUT2D eigenvalue weighted by molar-refractivity contribution is 7.99. The van der Waals surface area contributed by atoms with Crippen LogP contribution >= 0.6 is 11.8 Å². The maximum Gasteiger partial charge on any atom is 0.0166 e. The molecule has 1 aliphatic rings. The van der Waals surface area contributed by atoms with Crippen LogP contribution in [0.1, 0.15) is 40.5 Å². The van der Waals surface area contributed by atoms with E-state index in [4.69, 9.17) is 0 Å². The Kier molecular flexibility index (Phi) is 4.78. The molecule has 1 aliphatic heterocycles. The van der Waals surface area contributed by atoms with Crippen molar-refractivity contribution < 1.29 is 0 Å². The molecule has 14 heavy (non-hydrogen) atoms. The van der Waals surface area contributed by atoms with Gasteiger partial charge in [-0.05, 0) is 29.9 Å². The lowest BCUT2D eigenvalue weighted by molar-refractivity contribution is 0.264. The van der Waals surface area contributed by atoms with Crippen LogP contribution < -0.4 is 5.32 Å². The molecule has 0 aromatic rings. The molecule has 0 aromatic carbocycles. The van der Waals surface area contributed by atoms with Gasteiger partial charge < -0.3 is 5.32 Å². The van der Waals surface area contributed by atoms with E-state index in [1.165, 1.54) is 30.9 Å². The average molecular weight is 215 g/mol. The van der Waals surface area contributed by atoms with Crippen LogP contribution in [-0.4, -0.2) is 24.1 Å². The van der Waals surface area contributed by atoms with E-state index in [0.717, 1.165) is 12.0 Å². The van der Waals surface area contributed by atoms with Crippen molar-refractivity contribution in [3.8, 4) is 0 Å². The third kappa shape index (κ3) is 4.70. The monoisotopic (exact) mass is 215 g/mol. The van der Waals surface area contributed by atoms with E-state index in [1.54, 1.807) is 0 Å². The van der Waals surface area contributed by atoms with E-state index in [9.17, 15) is 0 Å². The summed E-state index contributed by atoms with van der Waals surface area (Å²) in [7, 11) is 0. The van der Waals surface area contributed by atoms with Gasteiger partial charge in [-0.1, -0.05) is 27.7 Å². The summed E-state index contributed by atoms with van der Waals surface area (Å²) in [5.74, 6) is 3.48. The summed E-state index contributed by atoms with van der Waals surface area (Å²) in [5, 5.41) is 3.71. The third-order valence-electron chi connectivity index (χ3n) is 2.76. The summed E-state index contributed by atoms with van der Waals surface area (Å²) in [6.07, 6.45) is 2.68. The van der Waals surface area contributed by atoms with Crippen molar-refractivity contribution in [3.63, 3.8) is 0 Å². The molecule has 1 rings (SSSR count). The van der Waals surface area contributed by atoms with E-state index < -0.39 is 0 Å². The summed E-state index contributed by atoms with van der Waals surface area (Å²) in [6, 6.07) is 0.784. The van der Waals surface area contributed by atoms with Crippen LogP contribution in [-0.2, 0) is 0 Å². The predicted octanol–water partition coefficient (Wildman–Crippen LogP) is 3.15. The van der Waals surface area contributed by atoms with Gasteiger partial charge in [-0.25, -0.2) is 0 Å². The molecule has 0 aromatic heterocycles. The van der Waals surface area contributed by atoms with Gasteiger partial charge in [0.2, 0.25) is 0 Å². The second-order valence-corrected chi connectivity index (χ2v) is 6.85. The first-order valence-corrected chi connectivity index (χ1v) is 6.96. The van der Waals surface area contributed by atoms with Crippen LogP contribution in [0.5, 0.6) is 0 Å². The van der Waals surface area contributed by atoms with Crippen LogP contribution in [0.4, 0.5) is 0 Å². The molecule has 1 saturated heterocycles. The topological polar surface area (TPSA) is 12.0 Å².